The second kappa shape index (κ2) is 8.22. The Hall–Kier alpha value is -3.49. The van der Waals surface area contributed by atoms with Gasteiger partial charge in [-0.3, -0.25) is 9.78 Å². The molecule has 0 aliphatic rings. The first kappa shape index (κ1) is 16.9. The Morgan fingerprint density at radius 2 is 2.00 bits per heavy atom. The zero-order chi connectivity index (χ0) is 17.4. The minimum Gasteiger partial charge on any atom is -0.422 e. The number of benzene rings is 1. The van der Waals surface area contributed by atoms with E-state index in [-0.39, 0.29) is 30.0 Å². The number of aromatic nitrogens is 1. The second-order valence-electron chi connectivity index (χ2n) is 4.44. The van der Waals surface area contributed by atoms with Gasteiger partial charge in [-0.2, -0.15) is 0 Å². The summed E-state index contributed by atoms with van der Waals surface area (Å²) >= 11 is 0. The molecule has 0 aliphatic heterocycles. The Morgan fingerprint density at radius 3 is 2.71 bits per heavy atom. The van der Waals surface area contributed by atoms with Crippen LogP contribution in [-0.2, 0) is 4.84 Å². The smallest absolute Gasteiger partial charge is 0.345 e. The fourth-order valence-corrected chi connectivity index (χ4v) is 1.77. The van der Waals surface area contributed by atoms with Crippen LogP contribution in [0.4, 0.5) is 0 Å². The van der Waals surface area contributed by atoms with E-state index >= 15 is 0 Å². The lowest BCUT2D eigenvalue weighted by Crippen LogP contribution is -2.28. The molecule has 124 valence electrons. The maximum atomic E-state index is 12.1. The molecule has 2 rings (SSSR count). The third-order valence-corrected chi connectivity index (χ3v) is 2.82. The van der Waals surface area contributed by atoms with Crippen molar-refractivity contribution in [3.8, 4) is 5.75 Å². The van der Waals surface area contributed by atoms with Gasteiger partial charge in [-0.25, -0.2) is 4.79 Å². The van der Waals surface area contributed by atoms with Crippen molar-refractivity contribution in [2.45, 2.75) is 0 Å². The number of carbonyl (C=O) groups excluding carboxylic acids is 2. The summed E-state index contributed by atoms with van der Waals surface area (Å²) in [6.07, 6.45) is 2.87. The van der Waals surface area contributed by atoms with Crippen LogP contribution < -0.4 is 10.1 Å². The van der Waals surface area contributed by atoms with Gasteiger partial charge in [0.25, 0.3) is 11.0 Å². The molecule has 0 bridgehead atoms. The summed E-state index contributed by atoms with van der Waals surface area (Å²) in [6, 6.07) is 9.27. The highest BCUT2D eigenvalue weighted by Gasteiger charge is 2.16. The number of esters is 1. The Labute approximate surface area is 136 Å². The van der Waals surface area contributed by atoms with Crippen molar-refractivity contribution >= 4 is 11.9 Å². The van der Waals surface area contributed by atoms with Gasteiger partial charge in [-0.1, -0.05) is 12.1 Å². The van der Waals surface area contributed by atoms with Gasteiger partial charge in [0.05, 0.1) is 11.1 Å². The molecule has 1 amide bonds. The zero-order valence-electron chi connectivity index (χ0n) is 12.4. The molecule has 9 nitrogen and oxygen atoms in total. The molecule has 24 heavy (non-hydrogen) atoms. The van der Waals surface area contributed by atoms with Gasteiger partial charge in [0.2, 0.25) is 0 Å². The first-order chi connectivity index (χ1) is 11.6. The van der Waals surface area contributed by atoms with Crippen LogP contribution in [0.5, 0.6) is 5.75 Å². The molecule has 0 aliphatic carbocycles. The number of hydrogen-bond acceptors (Lipinski definition) is 7. The first-order valence-corrected chi connectivity index (χ1v) is 6.84. The van der Waals surface area contributed by atoms with E-state index in [1.807, 2.05) is 0 Å². The van der Waals surface area contributed by atoms with Gasteiger partial charge in [-0.05, 0) is 24.3 Å². The molecule has 1 N–H and O–H groups in total. The maximum absolute atomic E-state index is 12.1. The van der Waals surface area contributed by atoms with Gasteiger partial charge in [-0.15, -0.1) is 10.1 Å². The first-order valence-electron chi connectivity index (χ1n) is 6.84. The number of ether oxygens (including phenoxy) is 1. The van der Waals surface area contributed by atoms with E-state index in [0.717, 1.165) is 0 Å². The lowest BCUT2D eigenvalue weighted by molar-refractivity contribution is -0.757. The molecule has 1 aromatic heterocycles. The number of carbonyl (C=O) groups is 2. The van der Waals surface area contributed by atoms with E-state index in [0.29, 0.717) is 0 Å². The zero-order valence-corrected chi connectivity index (χ0v) is 12.4. The Kier molecular flexibility index (Phi) is 5.78. The average Bonchev–Trinajstić information content (AvgIpc) is 2.59. The van der Waals surface area contributed by atoms with Gasteiger partial charge in [0.1, 0.15) is 12.4 Å². The number of nitrogens with one attached hydrogen (secondary N) is 1. The summed E-state index contributed by atoms with van der Waals surface area (Å²) in [5, 5.41) is 11.5. The van der Waals surface area contributed by atoms with E-state index in [1.165, 1.54) is 30.6 Å². The van der Waals surface area contributed by atoms with Gasteiger partial charge < -0.3 is 14.9 Å². The molecular formula is C15H13N3O6. The molecule has 0 unspecified atom stereocenters. The van der Waals surface area contributed by atoms with Crippen molar-refractivity contribution in [2.24, 2.45) is 0 Å². The fourth-order valence-electron chi connectivity index (χ4n) is 1.77. The van der Waals surface area contributed by atoms with Gasteiger partial charge >= 0.3 is 5.97 Å². The third-order valence-electron chi connectivity index (χ3n) is 2.82. The monoisotopic (exact) mass is 331 g/mol. The summed E-state index contributed by atoms with van der Waals surface area (Å²) in [5.41, 5.74) is 0.364. The predicted molar refractivity (Wildman–Crippen MR) is 80.9 cm³/mol. The van der Waals surface area contributed by atoms with Gasteiger partial charge in [0, 0.05) is 18.9 Å². The number of hydrogen-bond donors (Lipinski definition) is 1. The normalized spacial score (nSPS) is 9.83. The average molecular weight is 331 g/mol. The van der Waals surface area contributed by atoms with E-state index in [1.54, 1.807) is 18.2 Å². The predicted octanol–water partition coefficient (Wildman–Crippen LogP) is 1.24. The van der Waals surface area contributed by atoms with Crippen LogP contribution >= 0.6 is 0 Å². The van der Waals surface area contributed by atoms with Crippen LogP contribution in [0.2, 0.25) is 0 Å². The Morgan fingerprint density at radius 1 is 1.21 bits per heavy atom. The molecule has 0 radical (unpaired) electrons. The van der Waals surface area contributed by atoms with Crippen LogP contribution in [0.1, 0.15) is 20.7 Å². The number of para-hydroxylation sites is 1. The minimum atomic E-state index is -0.949. The van der Waals surface area contributed by atoms with Crippen molar-refractivity contribution < 1.29 is 24.3 Å². The van der Waals surface area contributed by atoms with Crippen molar-refractivity contribution in [1.82, 2.24) is 10.3 Å². The molecule has 1 aromatic carbocycles. The Balaban J connectivity index is 2.03. The van der Waals surface area contributed by atoms with Crippen LogP contribution in [0.25, 0.3) is 0 Å². The molecule has 0 saturated heterocycles. The summed E-state index contributed by atoms with van der Waals surface area (Å²) in [7, 11) is 0. The highest BCUT2D eigenvalue weighted by atomic mass is 16.9. The standard InChI is InChI=1S/C15H13N3O6/c19-14(17-8-9-23-18(21)22)12-5-1-2-6-13(12)24-15(20)11-4-3-7-16-10-11/h1-7,10H,8-9H2,(H,17,19). The second-order valence-corrected chi connectivity index (χ2v) is 4.44. The van der Waals surface area contributed by atoms with E-state index < -0.39 is 17.0 Å². The molecule has 0 atom stereocenters. The van der Waals surface area contributed by atoms with E-state index in [4.69, 9.17) is 4.74 Å². The van der Waals surface area contributed by atoms with Crippen molar-refractivity contribution in [3.63, 3.8) is 0 Å². The van der Waals surface area contributed by atoms with Crippen molar-refractivity contribution in [2.75, 3.05) is 13.2 Å². The van der Waals surface area contributed by atoms with Crippen LogP contribution in [0.15, 0.2) is 48.8 Å². The highest BCUT2D eigenvalue weighted by Crippen LogP contribution is 2.19. The van der Waals surface area contributed by atoms with Crippen LogP contribution in [0, 0.1) is 10.1 Å². The molecule has 0 saturated carbocycles. The molecule has 9 heteroatoms. The summed E-state index contributed by atoms with van der Waals surface area (Å²) < 4.78 is 5.22. The summed E-state index contributed by atoms with van der Waals surface area (Å²) in [4.78, 5) is 42.1. The van der Waals surface area contributed by atoms with Gasteiger partial charge in [0.15, 0.2) is 0 Å². The number of nitrogens with zero attached hydrogens (tertiary/aromatic N) is 2. The number of amides is 1. The lowest BCUT2D eigenvalue weighted by Gasteiger charge is -2.10. The van der Waals surface area contributed by atoms with E-state index in [9.17, 15) is 19.7 Å². The topological polar surface area (TPSA) is 121 Å². The maximum Gasteiger partial charge on any atom is 0.345 e. The lowest BCUT2D eigenvalue weighted by atomic mass is 10.2. The third kappa shape index (κ3) is 4.77. The highest BCUT2D eigenvalue weighted by molar-refractivity contribution is 5.99. The van der Waals surface area contributed by atoms with Crippen molar-refractivity contribution in [1.29, 1.82) is 0 Å². The largest absolute Gasteiger partial charge is 0.422 e. The van der Waals surface area contributed by atoms with Crippen molar-refractivity contribution in [3.05, 3.63) is 70.0 Å². The van der Waals surface area contributed by atoms with E-state index in [2.05, 4.69) is 15.1 Å². The molecular weight excluding hydrogens is 318 g/mol. The SMILES string of the molecule is O=C(Oc1ccccc1C(=O)NCCO[N+](=O)[O-])c1cccnc1. The van der Waals surface area contributed by atoms with Crippen LogP contribution in [-0.4, -0.2) is 35.1 Å². The quantitative estimate of drug-likeness (QED) is 0.266. The number of pyridine rings is 1. The number of rotatable bonds is 7. The summed E-state index contributed by atoms with van der Waals surface area (Å²) in [5.74, 6) is -1.13. The summed E-state index contributed by atoms with van der Waals surface area (Å²) in [6.45, 7) is -0.346. The fraction of sp³-hybridized carbons (Fsp3) is 0.133. The molecule has 1 heterocycles. The molecule has 0 fully saturated rings. The molecule has 2 aromatic rings. The molecule has 0 spiro atoms. The minimum absolute atomic E-state index is 0.0648. The van der Waals surface area contributed by atoms with Crippen LogP contribution in [0.3, 0.4) is 0 Å². The Bertz CT molecular complexity index is 735.